The van der Waals surface area contributed by atoms with Gasteiger partial charge in [-0.25, -0.2) is 0 Å². The molecule has 1 aromatic rings. The fraction of sp³-hybridized carbons (Fsp3) is 0.571. The molecule has 4 heteroatoms. The normalized spacial score (nSPS) is 28.5. The first-order valence-electron chi connectivity index (χ1n) is 6.51. The number of aliphatic hydroxyl groups is 1. The molecule has 0 amide bonds. The zero-order valence-electron chi connectivity index (χ0n) is 10.5. The van der Waals surface area contributed by atoms with Crippen molar-refractivity contribution in [3.63, 3.8) is 0 Å². The zero-order valence-corrected chi connectivity index (χ0v) is 12.1. The summed E-state index contributed by atoms with van der Waals surface area (Å²) in [6.45, 7) is 3.70. The molecule has 0 radical (unpaired) electrons. The minimum Gasteiger partial charge on any atom is -0.389 e. The molecular formula is C14H18BrNO2. The average Bonchev–Trinajstić information content (AvgIpc) is 2.67. The first-order chi connectivity index (χ1) is 8.63. The number of aliphatic hydroxyl groups excluding tert-OH is 1. The van der Waals surface area contributed by atoms with Crippen LogP contribution in [-0.4, -0.2) is 30.4 Å². The van der Waals surface area contributed by atoms with Crippen LogP contribution in [-0.2, 0) is 4.74 Å². The van der Waals surface area contributed by atoms with Crippen molar-refractivity contribution in [2.45, 2.75) is 38.1 Å². The van der Waals surface area contributed by atoms with E-state index in [0.717, 1.165) is 28.8 Å². The van der Waals surface area contributed by atoms with Gasteiger partial charge in [0.2, 0.25) is 0 Å². The Morgan fingerprint density at radius 1 is 1.33 bits per heavy atom. The van der Waals surface area contributed by atoms with E-state index in [4.69, 9.17) is 4.74 Å². The number of halogens is 1. The van der Waals surface area contributed by atoms with E-state index in [0.29, 0.717) is 12.2 Å². The number of benzene rings is 1. The molecule has 3 atom stereocenters. The molecule has 1 aromatic carbocycles. The second-order valence-electron chi connectivity index (χ2n) is 5.24. The topological polar surface area (TPSA) is 32.7 Å². The summed E-state index contributed by atoms with van der Waals surface area (Å²) in [4.78, 5) is 2.36. The van der Waals surface area contributed by atoms with Crippen LogP contribution in [0.25, 0.3) is 0 Å². The zero-order chi connectivity index (χ0) is 12.7. The number of morpholine rings is 1. The molecule has 2 aliphatic heterocycles. The van der Waals surface area contributed by atoms with Gasteiger partial charge in [0, 0.05) is 28.8 Å². The predicted molar refractivity (Wildman–Crippen MR) is 74.9 cm³/mol. The van der Waals surface area contributed by atoms with E-state index in [1.54, 1.807) is 0 Å². The molecule has 2 aliphatic rings. The molecule has 0 saturated carbocycles. The highest BCUT2D eigenvalue weighted by Gasteiger charge is 2.34. The molecule has 0 aromatic heterocycles. The highest BCUT2D eigenvalue weighted by atomic mass is 79.9. The van der Waals surface area contributed by atoms with Gasteiger partial charge in [-0.15, -0.1) is 0 Å². The van der Waals surface area contributed by atoms with Gasteiger partial charge in [-0.1, -0.05) is 22.0 Å². The summed E-state index contributed by atoms with van der Waals surface area (Å²) in [7, 11) is 0. The Hall–Kier alpha value is -0.580. The van der Waals surface area contributed by atoms with Crippen molar-refractivity contribution >= 4 is 21.6 Å². The maximum absolute atomic E-state index is 9.90. The molecule has 3 nitrogen and oxygen atoms in total. The fourth-order valence-electron chi connectivity index (χ4n) is 2.96. The summed E-state index contributed by atoms with van der Waals surface area (Å²) < 4.78 is 6.92. The predicted octanol–water partition coefficient (Wildman–Crippen LogP) is 2.87. The second kappa shape index (κ2) is 4.83. The number of anilines is 1. The second-order valence-corrected chi connectivity index (χ2v) is 6.16. The Morgan fingerprint density at radius 2 is 2.00 bits per heavy atom. The van der Waals surface area contributed by atoms with Crippen molar-refractivity contribution in [2.75, 3.05) is 18.0 Å². The lowest BCUT2D eigenvalue weighted by atomic mass is 10.1. The van der Waals surface area contributed by atoms with Gasteiger partial charge < -0.3 is 14.7 Å². The van der Waals surface area contributed by atoms with E-state index >= 15 is 0 Å². The smallest absolute Gasteiger partial charge is 0.0782 e. The maximum Gasteiger partial charge on any atom is 0.0782 e. The van der Waals surface area contributed by atoms with Crippen molar-refractivity contribution in [3.8, 4) is 0 Å². The number of ether oxygens (including phenoxy) is 1. The highest BCUT2D eigenvalue weighted by Crippen LogP contribution is 2.35. The molecule has 2 heterocycles. The summed E-state index contributed by atoms with van der Waals surface area (Å²) in [6.07, 6.45) is 2.63. The molecule has 1 N–H and O–H groups in total. The summed E-state index contributed by atoms with van der Waals surface area (Å²) in [6, 6.07) is 6.09. The third kappa shape index (κ3) is 2.29. The Kier molecular flexibility index (Phi) is 3.34. The summed E-state index contributed by atoms with van der Waals surface area (Å²) in [5.41, 5.74) is 2.14. The Balaban J connectivity index is 1.93. The highest BCUT2D eigenvalue weighted by molar-refractivity contribution is 9.10. The first-order valence-corrected chi connectivity index (χ1v) is 7.30. The quantitative estimate of drug-likeness (QED) is 0.911. The van der Waals surface area contributed by atoms with Gasteiger partial charge >= 0.3 is 0 Å². The van der Waals surface area contributed by atoms with E-state index in [1.807, 2.05) is 19.1 Å². The minimum absolute atomic E-state index is 0.365. The van der Waals surface area contributed by atoms with Crippen molar-refractivity contribution in [1.82, 2.24) is 0 Å². The third-order valence-electron chi connectivity index (χ3n) is 3.83. The van der Waals surface area contributed by atoms with Gasteiger partial charge in [0.05, 0.1) is 18.3 Å². The molecule has 18 heavy (non-hydrogen) atoms. The minimum atomic E-state index is -0.436. The van der Waals surface area contributed by atoms with Crippen LogP contribution in [0, 0.1) is 0 Å². The van der Waals surface area contributed by atoms with E-state index < -0.39 is 6.10 Å². The molecule has 0 spiro atoms. The van der Waals surface area contributed by atoms with Gasteiger partial charge in [-0.3, -0.25) is 0 Å². The summed E-state index contributed by atoms with van der Waals surface area (Å²) in [5.74, 6) is 0. The monoisotopic (exact) mass is 311 g/mol. The Morgan fingerprint density at radius 3 is 2.61 bits per heavy atom. The molecule has 2 saturated heterocycles. The third-order valence-corrected chi connectivity index (χ3v) is 4.32. The SMILES string of the molecule is CC(O)c1ccc(Br)cc1N1CC2CCC(C1)O2. The van der Waals surface area contributed by atoms with Crippen LogP contribution in [0.1, 0.15) is 31.4 Å². The van der Waals surface area contributed by atoms with Crippen molar-refractivity contribution in [2.24, 2.45) is 0 Å². The Bertz CT molecular complexity index is 437. The van der Waals surface area contributed by atoms with Crippen LogP contribution in [0.3, 0.4) is 0 Å². The van der Waals surface area contributed by atoms with E-state index in [9.17, 15) is 5.11 Å². The van der Waals surface area contributed by atoms with Crippen molar-refractivity contribution in [1.29, 1.82) is 0 Å². The van der Waals surface area contributed by atoms with Gasteiger partial charge in [0.15, 0.2) is 0 Å². The molecule has 2 fully saturated rings. The van der Waals surface area contributed by atoms with Gasteiger partial charge in [0.1, 0.15) is 0 Å². The number of fused-ring (bicyclic) bond motifs is 2. The average molecular weight is 312 g/mol. The molecule has 3 rings (SSSR count). The van der Waals surface area contributed by atoms with Crippen LogP contribution in [0.2, 0.25) is 0 Å². The van der Waals surface area contributed by atoms with Crippen LogP contribution >= 0.6 is 15.9 Å². The van der Waals surface area contributed by atoms with Crippen LogP contribution in [0.5, 0.6) is 0 Å². The largest absolute Gasteiger partial charge is 0.389 e. The van der Waals surface area contributed by atoms with E-state index in [2.05, 4.69) is 26.9 Å². The number of rotatable bonds is 2. The fourth-order valence-corrected chi connectivity index (χ4v) is 3.30. The van der Waals surface area contributed by atoms with E-state index in [1.165, 1.54) is 12.8 Å². The lowest BCUT2D eigenvalue weighted by Gasteiger charge is -2.35. The van der Waals surface area contributed by atoms with Crippen LogP contribution in [0.15, 0.2) is 22.7 Å². The Labute approximate surface area is 116 Å². The number of hydrogen-bond acceptors (Lipinski definition) is 3. The molecule has 0 aliphatic carbocycles. The molecule has 2 bridgehead atoms. The first kappa shape index (κ1) is 12.5. The molecule has 3 unspecified atom stereocenters. The van der Waals surface area contributed by atoms with Crippen molar-refractivity contribution in [3.05, 3.63) is 28.2 Å². The van der Waals surface area contributed by atoms with Gasteiger partial charge in [-0.05, 0) is 31.9 Å². The van der Waals surface area contributed by atoms with E-state index in [-0.39, 0.29) is 0 Å². The number of hydrogen-bond donors (Lipinski definition) is 1. The summed E-state index contributed by atoms with van der Waals surface area (Å²) in [5, 5.41) is 9.90. The molecule has 98 valence electrons. The standard InChI is InChI=1S/C14H18BrNO2/c1-9(17)13-5-2-10(15)6-14(13)16-7-11-3-4-12(8-16)18-11/h2,5-6,9,11-12,17H,3-4,7-8H2,1H3. The maximum atomic E-state index is 9.90. The molecular weight excluding hydrogens is 294 g/mol. The van der Waals surface area contributed by atoms with Crippen molar-refractivity contribution < 1.29 is 9.84 Å². The van der Waals surface area contributed by atoms with Crippen LogP contribution in [0.4, 0.5) is 5.69 Å². The lowest BCUT2D eigenvalue weighted by Crippen LogP contribution is -2.43. The summed E-state index contributed by atoms with van der Waals surface area (Å²) >= 11 is 3.52. The van der Waals surface area contributed by atoms with Gasteiger partial charge in [0.25, 0.3) is 0 Å². The van der Waals surface area contributed by atoms with Crippen LogP contribution < -0.4 is 4.90 Å². The van der Waals surface area contributed by atoms with Gasteiger partial charge in [-0.2, -0.15) is 0 Å². The number of nitrogens with zero attached hydrogens (tertiary/aromatic N) is 1. The lowest BCUT2D eigenvalue weighted by molar-refractivity contribution is 0.0303.